The summed E-state index contributed by atoms with van der Waals surface area (Å²) in [5.74, 6) is -4.37. The molecular weight excluding hydrogens is 258 g/mol. The number of carbonyl (C=O) groups is 2. The van der Waals surface area contributed by atoms with Crippen LogP contribution in [0.1, 0.15) is 23.2 Å². The molecule has 2 rings (SSSR count). The number of carboxylic acid groups (broad SMARTS) is 1. The van der Waals surface area contributed by atoms with Crippen LogP contribution in [-0.4, -0.2) is 29.6 Å². The lowest BCUT2D eigenvalue weighted by molar-refractivity contribution is -0.117. The number of rotatable bonds is 3. The number of halogens is 2. The molecule has 1 aliphatic heterocycles. The van der Waals surface area contributed by atoms with Gasteiger partial charge in [0, 0.05) is 6.07 Å². The second-order valence-corrected chi connectivity index (χ2v) is 4.26. The number of amides is 1. The molecule has 19 heavy (non-hydrogen) atoms. The largest absolute Gasteiger partial charge is 0.478 e. The van der Waals surface area contributed by atoms with Crippen molar-refractivity contribution in [3.63, 3.8) is 0 Å². The van der Waals surface area contributed by atoms with E-state index in [0.717, 1.165) is 6.42 Å². The fourth-order valence-corrected chi connectivity index (χ4v) is 1.96. The molecule has 0 spiro atoms. The number of carbonyl (C=O) groups excluding carboxylic acids is 1. The summed E-state index contributed by atoms with van der Waals surface area (Å²) in [6, 6.07) is 0.788. The second-order valence-electron chi connectivity index (χ2n) is 4.26. The van der Waals surface area contributed by atoms with Crippen molar-refractivity contribution in [3.8, 4) is 0 Å². The van der Waals surface area contributed by atoms with Crippen LogP contribution in [0, 0.1) is 11.6 Å². The zero-order valence-electron chi connectivity index (χ0n) is 9.87. The van der Waals surface area contributed by atoms with Crippen LogP contribution in [0.4, 0.5) is 14.5 Å². The summed E-state index contributed by atoms with van der Waals surface area (Å²) in [5, 5.41) is 14.1. The van der Waals surface area contributed by atoms with E-state index >= 15 is 0 Å². The lowest BCUT2D eigenvalue weighted by atomic mass is 10.1. The molecule has 1 aromatic rings. The van der Waals surface area contributed by atoms with Crippen LogP contribution in [0.25, 0.3) is 0 Å². The molecule has 0 bridgehead atoms. The fraction of sp³-hybridized carbons (Fsp3) is 0.333. The molecule has 0 radical (unpaired) electrons. The van der Waals surface area contributed by atoms with Crippen molar-refractivity contribution in [2.75, 3.05) is 11.9 Å². The quantitative estimate of drug-likeness (QED) is 0.774. The lowest BCUT2D eigenvalue weighted by Crippen LogP contribution is -2.35. The highest BCUT2D eigenvalue weighted by Crippen LogP contribution is 2.21. The Hall–Kier alpha value is -2.02. The zero-order chi connectivity index (χ0) is 14.0. The van der Waals surface area contributed by atoms with Crippen LogP contribution in [0.15, 0.2) is 12.1 Å². The monoisotopic (exact) mass is 270 g/mol. The number of hydrogen-bond donors (Lipinski definition) is 3. The van der Waals surface area contributed by atoms with E-state index in [1.807, 2.05) is 0 Å². The van der Waals surface area contributed by atoms with Gasteiger partial charge >= 0.3 is 5.97 Å². The van der Waals surface area contributed by atoms with Crippen LogP contribution in [-0.2, 0) is 4.79 Å². The van der Waals surface area contributed by atoms with Gasteiger partial charge in [-0.05, 0) is 25.5 Å². The van der Waals surface area contributed by atoms with Crippen molar-refractivity contribution in [3.05, 3.63) is 29.3 Å². The average Bonchev–Trinajstić information content (AvgIpc) is 2.86. The molecule has 1 unspecified atom stereocenters. The van der Waals surface area contributed by atoms with Gasteiger partial charge < -0.3 is 15.7 Å². The predicted molar refractivity (Wildman–Crippen MR) is 63.0 cm³/mol. The Balaban J connectivity index is 2.25. The highest BCUT2D eigenvalue weighted by Gasteiger charge is 2.24. The van der Waals surface area contributed by atoms with E-state index in [-0.39, 0.29) is 5.69 Å². The highest BCUT2D eigenvalue weighted by atomic mass is 19.2. The first-order valence-electron chi connectivity index (χ1n) is 5.75. The molecule has 1 aliphatic rings. The smallest absolute Gasteiger partial charge is 0.337 e. The van der Waals surface area contributed by atoms with Crippen molar-refractivity contribution in [2.45, 2.75) is 18.9 Å². The molecule has 0 saturated carbocycles. The number of benzene rings is 1. The number of hydrogen-bond acceptors (Lipinski definition) is 3. The molecule has 1 aromatic carbocycles. The Labute approximate surface area is 107 Å². The van der Waals surface area contributed by atoms with Gasteiger partial charge in [-0.15, -0.1) is 0 Å². The normalized spacial score (nSPS) is 18.3. The van der Waals surface area contributed by atoms with Crippen LogP contribution >= 0.6 is 0 Å². The van der Waals surface area contributed by atoms with Gasteiger partial charge in [0.2, 0.25) is 5.91 Å². The van der Waals surface area contributed by atoms with Crippen molar-refractivity contribution in [1.29, 1.82) is 0 Å². The molecule has 3 N–H and O–H groups in total. The van der Waals surface area contributed by atoms with E-state index in [0.29, 0.717) is 25.1 Å². The summed E-state index contributed by atoms with van der Waals surface area (Å²) in [7, 11) is 0. The molecule has 1 fully saturated rings. The SMILES string of the molecule is O=C(O)c1cc(F)c(F)cc1NC(=O)C1CCCN1. The first-order chi connectivity index (χ1) is 8.99. The second kappa shape index (κ2) is 5.31. The van der Waals surface area contributed by atoms with Gasteiger partial charge in [0.25, 0.3) is 0 Å². The van der Waals surface area contributed by atoms with Gasteiger partial charge in [0.05, 0.1) is 17.3 Å². The number of aromatic carboxylic acids is 1. The maximum atomic E-state index is 13.1. The molecule has 1 saturated heterocycles. The van der Waals surface area contributed by atoms with E-state index in [1.54, 1.807) is 0 Å². The fourth-order valence-electron chi connectivity index (χ4n) is 1.96. The summed E-state index contributed by atoms with van der Waals surface area (Å²) in [5.41, 5.74) is -0.727. The third-order valence-corrected chi connectivity index (χ3v) is 2.93. The van der Waals surface area contributed by atoms with Gasteiger partial charge in [-0.3, -0.25) is 4.79 Å². The van der Waals surface area contributed by atoms with E-state index in [2.05, 4.69) is 10.6 Å². The van der Waals surface area contributed by atoms with Crippen LogP contribution in [0.3, 0.4) is 0 Å². The molecule has 1 heterocycles. The Morgan fingerprint density at radius 3 is 2.58 bits per heavy atom. The minimum atomic E-state index is -1.44. The number of carboxylic acids is 1. The maximum Gasteiger partial charge on any atom is 0.337 e. The minimum absolute atomic E-state index is 0.245. The number of anilines is 1. The molecule has 1 amide bonds. The molecule has 1 atom stereocenters. The Kier molecular flexibility index (Phi) is 3.75. The minimum Gasteiger partial charge on any atom is -0.478 e. The lowest BCUT2D eigenvalue weighted by Gasteiger charge is -2.13. The summed E-state index contributed by atoms with van der Waals surface area (Å²) in [4.78, 5) is 22.7. The van der Waals surface area contributed by atoms with Crippen molar-refractivity contribution in [2.24, 2.45) is 0 Å². The third kappa shape index (κ3) is 2.87. The van der Waals surface area contributed by atoms with Crippen LogP contribution in [0.5, 0.6) is 0 Å². The van der Waals surface area contributed by atoms with E-state index in [9.17, 15) is 18.4 Å². The predicted octanol–water partition coefficient (Wildman–Crippen LogP) is 1.35. The van der Waals surface area contributed by atoms with Gasteiger partial charge in [-0.1, -0.05) is 0 Å². The Morgan fingerprint density at radius 1 is 1.32 bits per heavy atom. The average molecular weight is 270 g/mol. The van der Waals surface area contributed by atoms with E-state index < -0.39 is 35.1 Å². The van der Waals surface area contributed by atoms with Gasteiger partial charge in [0.1, 0.15) is 0 Å². The summed E-state index contributed by atoms with van der Waals surface area (Å²) in [6.45, 7) is 0.696. The van der Waals surface area contributed by atoms with Crippen molar-refractivity contribution < 1.29 is 23.5 Å². The topological polar surface area (TPSA) is 78.4 Å². The van der Waals surface area contributed by atoms with Gasteiger partial charge in [0.15, 0.2) is 11.6 Å². The van der Waals surface area contributed by atoms with Crippen LogP contribution < -0.4 is 10.6 Å². The summed E-state index contributed by atoms with van der Waals surface area (Å²) < 4.78 is 26.1. The first kappa shape index (κ1) is 13.4. The van der Waals surface area contributed by atoms with Gasteiger partial charge in [-0.25, -0.2) is 13.6 Å². The van der Waals surface area contributed by atoms with Crippen molar-refractivity contribution in [1.82, 2.24) is 5.32 Å². The van der Waals surface area contributed by atoms with Gasteiger partial charge in [-0.2, -0.15) is 0 Å². The molecule has 0 aliphatic carbocycles. The first-order valence-corrected chi connectivity index (χ1v) is 5.75. The molecule has 0 aromatic heterocycles. The third-order valence-electron chi connectivity index (χ3n) is 2.93. The van der Waals surface area contributed by atoms with E-state index in [1.165, 1.54) is 0 Å². The number of nitrogens with one attached hydrogen (secondary N) is 2. The van der Waals surface area contributed by atoms with Crippen LogP contribution in [0.2, 0.25) is 0 Å². The molecule has 7 heteroatoms. The maximum absolute atomic E-state index is 13.1. The molecule has 5 nitrogen and oxygen atoms in total. The standard InChI is InChI=1S/C12H12F2N2O3/c13-7-4-6(12(18)19)10(5-8(7)14)16-11(17)9-2-1-3-15-9/h4-5,9,15H,1-3H2,(H,16,17)(H,18,19). The Bertz CT molecular complexity index is 528. The van der Waals surface area contributed by atoms with E-state index in [4.69, 9.17) is 5.11 Å². The molecular formula is C12H12F2N2O3. The molecule has 102 valence electrons. The summed E-state index contributed by atoms with van der Waals surface area (Å²) in [6.07, 6.45) is 1.46. The zero-order valence-corrected chi connectivity index (χ0v) is 9.87. The Morgan fingerprint density at radius 2 is 2.00 bits per heavy atom. The van der Waals surface area contributed by atoms with Crippen molar-refractivity contribution >= 4 is 17.6 Å². The summed E-state index contributed by atoms with van der Waals surface area (Å²) >= 11 is 0. The highest BCUT2D eigenvalue weighted by molar-refractivity contribution is 6.02.